The number of carbonyl (C=O) groups excluding carboxylic acids is 2. The predicted molar refractivity (Wildman–Crippen MR) is 95.6 cm³/mol. The Kier molecular flexibility index (Phi) is 5.18. The molecule has 6 heteroatoms. The highest BCUT2D eigenvalue weighted by Gasteiger charge is 2.18. The van der Waals surface area contributed by atoms with Crippen LogP contribution in [0.5, 0.6) is 0 Å². The van der Waals surface area contributed by atoms with Crippen LogP contribution in [0.25, 0.3) is 6.08 Å². The number of carbonyl (C=O) groups is 2. The molecule has 0 spiro atoms. The van der Waals surface area contributed by atoms with Crippen LogP contribution in [0.15, 0.2) is 47.1 Å². The van der Waals surface area contributed by atoms with Crippen LogP contribution < -0.4 is 10.2 Å². The number of rotatable bonds is 5. The SMILES string of the molecule is COC(=O)c1ccc(N2CCCC2)c(NC(=O)/C=C/c2ccco2)c1. The van der Waals surface area contributed by atoms with Crippen molar-refractivity contribution in [2.24, 2.45) is 0 Å². The quantitative estimate of drug-likeness (QED) is 0.668. The lowest BCUT2D eigenvalue weighted by atomic mass is 10.1. The monoisotopic (exact) mass is 340 g/mol. The molecule has 0 unspecified atom stereocenters. The Morgan fingerprint density at radius 1 is 1.24 bits per heavy atom. The number of nitrogens with one attached hydrogen (secondary N) is 1. The molecule has 0 aliphatic carbocycles. The first kappa shape index (κ1) is 16.8. The number of benzene rings is 1. The fourth-order valence-electron chi connectivity index (χ4n) is 2.83. The zero-order chi connectivity index (χ0) is 17.6. The van der Waals surface area contributed by atoms with Crippen LogP contribution in [-0.4, -0.2) is 32.1 Å². The molecule has 1 saturated heterocycles. The number of nitrogens with zero attached hydrogens (tertiary/aromatic N) is 1. The molecule has 2 heterocycles. The minimum atomic E-state index is -0.436. The smallest absolute Gasteiger partial charge is 0.337 e. The summed E-state index contributed by atoms with van der Waals surface area (Å²) in [5, 5.41) is 2.85. The number of hydrogen-bond donors (Lipinski definition) is 1. The second-order valence-corrected chi connectivity index (χ2v) is 5.76. The highest BCUT2D eigenvalue weighted by molar-refractivity contribution is 6.04. The minimum absolute atomic E-state index is 0.293. The summed E-state index contributed by atoms with van der Waals surface area (Å²) in [5.74, 6) is -0.133. The van der Waals surface area contributed by atoms with Gasteiger partial charge < -0.3 is 19.4 Å². The summed E-state index contributed by atoms with van der Waals surface area (Å²) in [4.78, 5) is 26.2. The Balaban J connectivity index is 1.83. The van der Waals surface area contributed by atoms with Gasteiger partial charge >= 0.3 is 5.97 Å². The lowest BCUT2D eigenvalue weighted by Crippen LogP contribution is -2.21. The predicted octanol–water partition coefficient (Wildman–Crippen LogP) is 3.32. The summed E-state index contributed by atoms with van der Waals surface area (Å²) in [5.41, 5.74) is 1.90. The molecular formula is C19H20N2O4. The number of hydrogen-bond acceptors (Lipinski definition) is 5. The van der Waals surface area contributed by atoms with E-state index in [0.29, 0.717) is 17.0 Å². The molecule has 1 aromatic carbocycles. The van der Waals surface area contributed by atoms with Gasteiger partial charge in [0, 0.05) is 19.2 Å². The number of anilines is 2. The molecule has 1 aliphatic heterocycles. The second-order valence-electron chi connectivity index (χ2n) is 5.76. The highest BCUT2D eigenvalue weighted by Crippen LogP contribution is 2.30. The average molecular weight is 340 g/mol. The molecule has 0 atom stereocenters. The van der Waals surface area contributed by atoms with Gasteiger partial charge in [0.15, 0.2) is 0 Å². The van der Waals surface area contributed by atoms with E-state index in [0.717, 1.165) is 31.6 Å². The molecule has 0 saturated carbocycles. The van der Waals surface area contributed by atoms with E-state index >= 15 is 0 Å². The summed E-state index contributed by atoms with van der Waals surface area (Å²) in [7, 11) is 1.33. The molecule has 1 fully saturated rings. The Morgan fingerprint density at radius 3 is 2.72 bits per heavy atom. The standard InChI is InChI=1S/C19H20N2O4/c1-24-19(23)14-6-8-17(21-10-2-3-11-21)16(13-14)20-18(22)9-7-15-5-4-12-25-15/h4-9,12-13H,2-3,10-11H2,1H3,(H,20,22)/b9-7+. The molecule has 6 nitrogen and oxygen atoms in total. The van der Waals surface area contributed by atoms with Crippen molar-refractivity contribution < 1.29 is 18.7 Å². The largest absolute Gasteiger partial charge is 0.465 e. The zero-order valence-electron chi connectivity index (χ0n) is 14.0. The molecule has 25 heavy (non-hydrogen) atoms. The molecule has 130 valence electrons. The summed E-state index contributed by atoms with van der Waals surface area (Å²) in [6.07, 6.45) is 6.77. The van der Waals surface area contributed by atoms with Crippen LogP contribution in [0.1, 0.15) is 29.0 Å². The lowest BCUT2D eigenvalue weighted by Gasteiger charge is -2.22. The summed E-state index contributed by atoms with van der Waals surface area (Å²) in [6, 6.07) is 8.73. The third kappa shape index (κ3) is 4.09. The van der Waals surface area contributed by atoms with Crippen LogP contribution >= 0.6 is 0 Å². The van der Waals surface area contributed by atoms with E-state index in [9.17, 15) is 9.59 Å². The summed E-state index contributed by atoms with van der Waals surface area (Å²) in [6.45, 7) is 1.87. The van der Waals surface area contributed by atoms with Crippen molar-refractivity contribution in [3.63, 3.8) is 0 Å². The van der Waals surface area contributed by atoms with Crippen LogP contribution in [-0.2, 0) is 9.53 Å². The van der Waals surface area contributed by atoms with Crippen molar-refractivity contribution in [3.8, 4) is 0 Å². The Bertz CT molecular complexity index is 775. The van der Waals surface area contributed by atoms with Crippen molar-refractivity contribution >= 4 is 29.3 Å². The number of ether oxygens (including phenoxy) is 1. The molecule has 3 rings (SSSR count). The van der Waals surface area contributed by atoms with Crippen LogP contribution in [0.2, 0.25) is 0 Å². The van der Waals surface area contributed by atoms with Gasteiger partial charge in [0.25, 0.3) is 0 Å². The Labute approximate surface area is 146 Å². The van der Waals surface area contributed by atoms with Gasteiger partial charge in [-0.05, 0) is 49.2 Å². The molecule has 1 amide bonds. The highest BCUT2D eigenvalue weighted by atomic mass is 16.5. The van der Waals surface area contributed by atoms with Gasteiger partial charge in [-0.2, -0.15) is 0 Å². The van der Waals surface area contributed by atoms with E-state index in [4.69, 9.17) is 9.15 Å². The van der Waals surface area contributed by atoms with Crippen LogP contribution in [0, 0.1) is 0 Å². The maximum absolute atomic E-state index is 12.3. The topological polar surface area (TPSA) is 71.8 Å². The van der Waals surface area contributed by atoms with E-state index < -0.39 is 5.97 Å². The van der Waals surface area contributed by atoms with Crippen LogP contribution in [0.3, 0.4) is 0 Å². The van der Waals surface area contributed by atoms with Gasteiger partial charge in [0.2, 0.25) is 5.91 Å². The average Bonchev–Trinajstić information content (AvgIpc) is 3.33. The van der Waals surface area contributed by atoms with E-state index in [-0.39, 0.29) is 5.91 Å². The maximum Gasteiger partial charge on any atom is 0.337 e. The molecule has 2 aromatic rings. The van der Waals surface area contributed by atoms with Gasteiger partial charge in [-0.25, -0.2) is 4.79 Å². The third-order valence-electron chi connectivity index (χ3n) is 4.06. The van der Waals surface area contributed by atoms with E-state index in [2.05, 4.69) is 10.2 Å². The summed E-state index contributed by atoms with van der Waals surface area (Å²) >= 11 is 0. The van der Waals surface area contributed by atoms with Crippen molar-refractivity contribution in [2.45, 2.75) is 12.8 Å². The van der Waals surface area contributed by atoms with E-state index in [1.54, 1.807) is 36.6 Å². The third-order valence-corrected chi connectivity index (χ3v) is 4.06. The molecule has 0 radical (unpaired) electrons. The van der Waals surface area contributed by atoms with E-state index in [1.807, 2.05) is 6.07 Å². The normalized spacial score (nSPS) is 14.0. The minimum Gasteiger partial charge on any atom is -0.465 e. The first-order valence-electron chi connectivity index (χ1n) is 8.17. The van der Waals surface area contributed by atoms with Gasteiger partial charge in [-0.1, -0.05) is 0 Å². The van der Waals surface area contributed by atoms with Crippen molar-refractivity contribution in [3.05, 3.63) is 54.0 Å². The van der Waals surface area contributed by atoms with Crippen molar-refractivity contribution in [2.75, 3.05) is 30.4 Å². The Morgan fingerprint density at radius 2 is 2.04 bits per heavy atom. The molecule has 1 aromatic heterocycles. The Hall–Kier alpha value is -3.02. The number of furan rings is 1. The first-order chi connectivity index (χ1) is 12.2. The second kappa shape index (κ2) is 7.70. The fourth-order valence-corrected chi connectivity index (χ4v) is 2.83. The number of esters is 1. The molecule has 0 bridgehead atoms. The van der Waals surface area contributed by atoms with E-state index in [1.165, 1.54) is 13.2 Å². The zero-order valence-corrected chi connectivity index (χ0v) is 14.0. The van der Waals surface area contributed by atoms with Gasteiger partial charge in [0.05, 0.1) is 30.3 Å². The maximum atomic E-state index is 12.3. The van der Waals surface area contributed by atoms with Crippen molar-refractivity contribution in [1.29, 1.82) is 0 Å². The number of amides is 1. The molecule has 1 aliphatic rings. The molecular weight excluding hydrogens is 320 g/mol. The lowest BCUT2D eigenvalue weighted by molar-refractivity contribution is -0.111. The van der Waals surface area contributed by atoms with Gasteiger partial charge in [0.1, 0.15) is 5.76 Å². The van der Waals surface area contributed by atoms with Crippen LogP contribution in [0.4, 0.5) is 11.4 Å². The van der Waals surface area contributed by atoms with Gasteiger partial charge in [-0.3, -0.25) is 4.79 Å². The molecule has 1 N–H and O–H groups in total. The number of methoxy groups -OCH3 is 1. The van der Waals surface area contributed by atoms with Gasteiger partial charge in [-0.15, -0.1) is 0 Å². The van der Waals surface area contributed by atoms with Crippen molar-refractivity contribution in [1.82, 2.24) is 0 Å². The fraction of sp³-hybridized carbons (Fsp3) is 0.263. The summed E-state index contributed by atoms with van der Waals surface area (Å²) < 4.78 is 9.93. The first-order valence-corrected chi connectivity index (χ1v) is 8.17.